The van der Waals surface area contributed by atoms with Crippen molar-refractivity contribution in [3.8, 4) is 11.4 Å². The van der Waals surface area contributed by atoms with E-state index in [1.54, 1.807) is 54.9 Å². The summed E-state index contributed by atoms with van der Waals surface area (Å²) in [5.41, 5.74) is -4.50. The molecule has 17 nitrogen and oxygen atoms in total. The van der Waals surface area contributed by atoms with Gasteiger partial charge in [-0.15, -0.1) is 10.2 Å². The summed E-state index contributed by atoms with van der Waals surface area (Å²) in [6.45, 7) is 13.2. The number of unbranched alkanes of at least 4 members (excludes halogenated alkanes) is 1. The van der Waals surface area contributed by atoms with E-state index >= 15 is 4.39 Å². The molecule has 12 atom stereocenters. The molecule has 324 valence electrons. The van der Waals surface area contributed by atoms with Crippen molar-refractivity contribution in [2.45, 2.75) is 159 Å². The number of aliphatic hydroxyl groups is 1. The molecule has 3 saturated heterocycles. The van der Waals surface area contributed by atoms with Crippen LogP contribution < -0.4 is 5.32 Å². The Morgan fingerprint density at radius 3 is 2.47 bits per heavy atom. The van der Waals surface area contributed by atoms with Crippen LogP contribution in [0.3, 0.4) is 0 Å². The van der Waals surface area contributed by atoms with Crippen LogP contribution in [0.15, 0.2) is 24.5 Å². The molecule has 0 aromatic carbocycles. The van der Waals surface area contributed by atoms with Crippen molar-refractivity contribution >= 4 is 17.8 Å². The number of methoxy groups -OCH3 is 1. The number of Topliss-reactive ketones (excluding diaryl/α,β-unsaturated/α-hetero) is 1. The number of aryl methyl sites for hydroxylation is 1. The molecule has 0 saturated carbocycles. The minimum absolute atomic E-state index is 0.104. The highest BCUT2D eigenvalue weighted by Gasteiger charge is 2.59. The SMILES string of the molecule is CC[C@H]1OC(=O)C(C)(F)C(=O)C[C@@H](O[C@@H]2OC(C)CC(N(C)C)C2O)[C@](C)(OC)C[C@@H](C)CN[C@H](C)[C@H]2N(CCCCn3cc(-c4cccnn4)nn3)C(=O)O[C@]12C. The van der Waals surface area contributed by atoms with Crippen molar-refractivity contribution in [3.63, 3.8) is 0 Å². The highest BCUT2D eigenvalue weighted by atomic mass is 19.1. The number of alkyl halides is 1. The van der Waals surface area contributed by atoms with E-state index in [2.05, 4.69) is 25.8 Å². The third-order valence-corrected chi connectivity index (χ3v) is 12.1. The lowest BCUT2D eigenvalue weighted by atomic mass is 9.83. The van der Waals surface area contributed by atoms with E-state index in [-0.39, 0.29) is 24.5 Å². The van der Waals surface area contributed by atoms with Crippen LogP contribution in [0, 0.1) is 5.92 Å². The summed E-state index contributed by atoms with van der Waals surface area (Å²) >= 11 is 0. The molecule has 2 N–H and O–H groups in total. The number of carbonyl (C=O) groups excluding carboxylic acids is 3. The topological polar surface area (TPSA) is 193 Å². The third-order valence-electron chi connectivity index (χ3n) is 12.1. The second-order valence-electron chi connectivity index (χ2n) is 17.0. The van der Waals surface area contributed by atoms with Gasteiger partial charge in [0, 0.05) is 44.9 Å². The number of esters is 1. The Morgan fingerprint density at radius 1 is 1.09 bits per heavy atom. The van der Waals surface area contributed by atoms with Crippen molar-refractivity contribution in [1.82, 2.24) is 40.3 Å². The maximum atomic E-state index is 16.7. The molecule has 3 fully saturated rings. The number of rotatable bonds is 11. The van der Waals surface area contributed by atoms with Crippen LogP contribution in [0.4, 0.5) is 9.18 Å². The molecule has 2 aromatic heterocycles. The molecule has 58 heavy (non-hydrogen) atoms. The standard InChI is InChI=1S/C40H63FN8O9/c1-11-31-40(7)34(49(37(53)58-40)18-13-12-17-48-23-28(45-46-48)27-15-14-16-43-44-27)26(4)42-22-24(2)21-38(5,54-10)32(20-30(50)39(6,41)36(52)57-31)56-35-33(51)29(47(8)9)19-25(3)55-35/h14-16,23-26,29,31-35,42,51H,11-13,17-22H2,1-10H3/t24-,25?,26-,29?,31-,32-,33?,34-,35+,38-,39?,40-/m1/s1. The van der Waals surface area contributed by atoms with Gasteiger partial charge in [0.15, 0.2) is 17.7 Å². The van der Waals surface area contributed by atoms with E-state index in [1.165, 1.54) is 7.11 Å². The zero-order chi connectivity index (χ0) is 42.6. The number of ether oxygens (including phenoxy) is 5. The van der Waals surface area contributed by atoms with Crippen LogP contribution in [-0.2, 0) is 39.8 Å². The molecule has 5 heterocycles. The lowest BCUT2D eigenvalue weighted by Gasteiger charge is -2.45. The van der Waals surface area contributed by atoms with Gasteiger partial charge in [-0.25, -0.2) is 14.0 Å². The Balaban J connectivity index is 1.38. The van der Waals surface area contributed by atoms with Crippen molar-refractivity contribution in [1.29, 1.82) is 0 Å². The Morgan fingerprint density at radius 2 is 1.81 bits per heavy atom. The van der Waals surface area contributed by atoms with E-state index in [0.717, 1.165) is 6.92 Å². The van der Waals surface area contributed by atoms with Crippen LogP contribution in [-0.4, -0.2) is 158 Å². The van der Waals surface area contributed by atoms with Gasteiger partial charge >= 0.3 is 12.1 Å². The van der Waals surface area contributed by atoms with Crippen molar-refractivity contribution in [2.75, 3.05) is 34.3 Å². The number of nitrogens with one attached hydrogen (secondary N) is 1. The number of aromatic nitrogens is 5. The second kappa shape index (κ2) is 18.7. The van der Waals surface area contributed by atoms with Crippen LogP contribution in [0.5, 0.6) is 0 Å². The number of halogens is 1. The van der Waals surface area contributed by atoms with Crippen molar-refractivity contribution in [3.05, 3.63) is 24.5 Å². The first-order valence-corrected chi connectivity index (χ1v) is 20.4. The molecule has 3 aliphatic heterocycles. The summed E-state index contributed by atoms with van der Waals surface area (Å²) in [7, 11) is 5.19. The summed E-state index contributed by atoms with van der Waals surface area (Å²) in [6.07, 6.45) is -0.238. The molecule has 5 rings (SSSR count). The van der Waals surface area contributed by atoms with Gasteiger partial charge in [-0.05, 0) is 105 Å². The lowest BCUT2D eigenvalue weighted by Crippen LogP contribution is -2.61. The number of fused-ring (bicyclic) bond motifs is 1. The minimum Gasteiger partial charge on any atom is -0.455 e. The number of ketones is 1. The molecule has 0 spiro atoms. The smallest absolute Gasteiger partial charge is 0.410 e. The molecule has 0 radical (unpaired) electrons. The largest absolute Gasteiger partial charge is 0.455 e. The summed E-state index contributed by atoms with van der Waals surface area (Å²) in [5.74, 6) is -2.59. The fraction of sp³-hybridized carbons (Fsp3) is 0.775. The van der Waals surface area contributed by atoms with E-state index in [4.69, 9.17) is 23.7 Å². The monoisotopic (exact) mass is 818 g/mol. The molecule has 3 aliphatic rings. The van der Waals surface area contributed by atoms with Crippen molar-refractivity contribution in [2.24, 2.45) is 5.92 Å². The first kappa shape index (κ1) is 45.4. The molecule has 0 aliphatic carbocycles. The molecule has 2 aromatic rings. The Bertz CT molecular complexity index is 1700. The van der Waals surface area contributed by atoms with Gasteiger partial charge < -0.3 is 39.0 Å². The fourth-order valence-electron chi connectivity index (χ4n) is 8.66. The molecule has 1 amide bonds. The average Bonchev–Trinajstić information content (AvgIpc) is 3.76. The Labute approximate surface area is 340 Å². The zero-order valence-electron chi connectivity index (χ0n) is 35.6. The minimum atomic E-state index is -3.10. The number of nitrogens with zero attached hydrogens (tertiary/aromatic N) is 7. The predicted octanol–water partition coefficient (Wildman–Crippen LogP) is 3.34. The maximum Gasteiger partial charge on any atom is 0.410 e. The number of cyclic esters (lactones) is 1. The molecular formula is C40H63FN8O9. The highest BCUT2D eigenvalue weighted by molar-refractivity contribution is 6.07. The molecule has 4 unspecified atom stereocenters. The van der Waals surface area contributed by atoms with Gasteiger partial charge in [0.25, 0.3) is 5.67 Å². The van der Waals surface area contributed by atoms with Gasteiger partial charge in [0.2, 0.25) is 0 Å². The Kier molecular flexibility index (Phi) is 14.6. The number of hydrogen-bond donors (Lipinski definition) is 2. The van der Waals surface area contributed by atoms with E-state index in [0.29, 0.717) is 56.7 Å². The highest BCUT2D eigenvalue weighted by Crippen LogP contribution is 2.40. The summed E-state index contributed by atoms with van der Waals surface area (Å²) in [5, 5.41) is 31.3. The van der Waals surface area contributed by atoms with Gasteiger partial charge in [0.1, 0.15) is 23.6 Å². The van der Waals surface area contributed by atoms with Crippen LogP contribution in [0.25, 0.3) is 11.4 Å². The quantitative estimate of drug-likeness (QED) is 0.191. The maximum absolute atomic E-state index is 16.7. The van der Waals surface area contributed by atoms with E-state index in [1.807, 2.05) is 39.8 Å². The zero-order valence-corrected chi connectivity index (χ0v) is 35.6. The number of amides is 1. The number of likely N-dealkylation sites (N-methyl/N-ethyl adjacent to an activating group) is 1. The van der Waals surface area contributed by atoms with Crippen molar-refractivity contribution < 1.29 is 47.6 Å². The summed E-state index contributed by atoms with van der Waals surface area (Å²) in [4.78, 5) is 45.0. The van der Waals surface area contributed by atoms with Crippen LogP contribution in [0.2, 0.25) is 0 Å². The molecule has 0 bridgehead atoms. The predicted molar refractivity (Wildman–Crippen MR) is 209 cm³/mol. The van der Waals surface area contributed by atoms with E-state index < -0.39 is 77.8 Å². The van der Waals surface area contributed by atoms with Gasteiger partial charge in [-0.1, -0.05) is 19.1 Å². The first-order chi connectivity index (χ1) is 27.3. The number of carbonyl (C=O) groups is 3. The average molecular weight is 819 g/mol. The second-order valence-corrected chi connectivity index (χ2v) is 17.0. The molecule has 18 heteroatoms. The van der Waals surface area contributed by atoms with Crippen LogP contribution in [0.1, 0.15) is 87.0 Å². The summed E-state index contributed by atoms with van der Waals surface area (Å²) in [6, 6.07) is 2.24. The van der Waals surface area contributed by atoms with Gasteiger partial charge in [0.05, 0.1) is 30.0 Å². The summed E-state index contributed by atoms with van der Waals surface area (Å²) < 4.78 is 48.9. The third kappa shape index (κ3) is 9.84. The van der Waals surface area contributed by atoms with Crippen LogP contribution >= 0.6 is 0 Å². The Hall–Kier alpha value is -3.68. The number of hydrogen-bond acceptors (Lipinski definition) is 15. The molecular weight excluding hydrogens is 755 g/mol. The van der Waals surface area contributed by atoms with Gasteiger partial charge in [-0.2, -0.15) is 5.10 Å². The van der Waals surface area contributed by atoms with E-state index in [9.17, 15) is 19.5 Å². The number of aliphatic hydroxyl groups excluding tert-OH is 1. The van der Waals surface area contributed by atoms with Gasteiger partial charge in [-0.3, -0.25) is 14.4 Å². The first-order valence-electron chi connectivity index (χ1n) is 20.4. The lowest BCUT2D eigenvalue weighted by molar-refractivity contribution is -0.289. The normalized spacial score (nSPS) is 36.9. The fourth-order valence-corrected chi connectivity index (χ4v) is 8.66.